The van der Waals surface area contributed by atoms with Gasteiger partial charge in [0.25, 0.3) is 0 Å². The lowest BCUT2D eigenvalue weighted by molar-refractivity contribution is -0.139. The molecule has 1 fully saturated rings. The van der Waals surface area contributed by atoms with E-state index in [1.165, 1.54) is 17.0 Å². The predicted octanol–water partition coefficient (Wildman–Crippen LogP) is 4.54. The summed E-state index contributed by atoms with van der Waals surface area (Å²) < 4.78 is 26.3. The molecule has 0 spiro atoms. The van der Waals surface area contributed by atoms with E-state index in [2.05, 4.69) is 5.32 Å². The number of carbonyl (C=O) groups is 2. The van der Waals surface area contributed by atoms with Gasteiger partial charge in [-0.15, -0.1) is 0 Å². The first-order chi connectivity index (χ1) is 16.5. The van der Waals surface area contributed by atoms with Crippen LogP contribution >= 0.6 is 23.2 Å². The van der Waals surface area contributed by atoms with Gasteiger partial charge >= 0.3 is 0 Å². The van der Waals surface area contributed by atoms with E-state index >= 15 is 0 Å². The summed E-state index contributed by atoms with van der Waals surface area (Å²) in [6.45, 7) is 3.23. The first-order valence-corrected chi connectivity index (χ1v) is 14.2. The maximum Gasteiger partial charge on any atom is 0.244 e. The van der Waals surface area contributed by atoms with Gasteiger partial charge in [-0.1, -0.05) is 66.4 Å². The van der Waals surface area contributed by atoms with Gasteiger partial charge in [0.15, 0.2) is 0 Å². The molecule has 1 atom stereocenters. The molecule has 190 valence electrons. The van der Waals surface area contributed by atoms with E-state index in [0.29, 0.717) is 0 Å². The second-order valence-corrected chi connectivity index (χ2v) is 11.6. The Labute approximate surface area is 217 Å². The number of nitrogens with one attached hydrogen (secondary N) is 1. The lowest BCUT2D eigenvalue weighted by atomic mass is 10.1. The lowest BCUT2D eigenvalue weighted by Gasteiger charge is -2.32. The number of anilines is 1. The van der Waals surface area contributed by atoms with Crippen molar-refractivity contribution in [2.45, 2.75) is 58.2 Å². The molecule has 2 amide bonds. The molecule has 2 aromatic carbocycles. The third kappa shape index (κ3) is 6.90. The van der Waals surface area contributed by atoms with Crippen molar-refractivity contribution in [3.63, 3.8) is 0 Å². The summed E-state index contributed by atoms with van der Waals surface area (Å²) in [6.07, 6.45) is 4.96. The van der Waals surface area contributed by atoms with Gasteiger partial charge in [-0.25, -0.2) is 8.42 Å². The fraction of sp³-hybridized carbons (Fsp3) is 0.440. The summed E-state index contributed by atoms with van der Waals surface area (Å²) in [5, 5.41) is 3.25. The largest absolute Gasteiger partial charge is 0.352 e. The van der Waals surface area contributed by atoms with Crippen LogP contribution in [0.1, 0.15) is 43.7 Å². The molecule has 0 aliphatic heterocycles. The zero-order valence-corrected chi connectivity index (χ0v) is 22.5. The Hall–Kier alpha value is -2.29. The zero-order valence-electron chi connectivity index (χ0n) is 20.1. The van der Waals surface area contributed by atoms with Crippen molar-refractivity contribution in [1.82, 2.24) is 10.2 Å². The summed E-state index contributed by atoms with van der Waals surface area (Å²) >= 11 is 12.4. The number of carbonyl (C=O) groups excluding carboxylic acids is 2. The van der Waals surface area contributed by atoms with Crippen molar-refractivity contribution in [2.24, 2.45) is 0 Å². The Bertz CT molecular complexity index is 1180. The maximum atomic E-state index is 13.6. The Morgan fingerprint density at radius 1 is 1.09 bits per heavy atom. The Kier molecular flexibility index (Phi) is 9.07. The standard InChI is InChI=1S/C25H31Cl2N3O4S/c1-17-9-4-5-10-19(17)15-29(18(2)25(32)28-20-11-6-7-12-20)23(31)16-30(35(3,33)34)22-14-8-13-21(26)24(22)27/h4-5,8-10,13-14,18,20H,6-7,11-12,15-16H2,1-3H3,(H,28,32)/t18-/m0/s1. The fourth-order valence-corrected chi connectivity index (χ4v) is 5.53. The average molecular weight is 541 g/mol. The van der Waals surface area contributed by atoms with E-state index in [4.69, 9.17) is 23.2 Å². The summed E-state index contributed by atoms with van der Waals surface area (Å²) in [4.78, 5) is 28.1. The third-order valence-corrected chi connectivity index (χ3v) is 8.29. The van der Waals surface area contributed by atoms with Crippen LogP contribution in [0.5, 0.6) is 0 Å². The van der Waals surface area contributed by atoms with Gasteiger partial charge in [0.05, 0.1) is 22.0 Å². The SMILES string of the molecule is Cc1ccccc1CN(C(=O)CN(c1cccc(Cl)c1Cl)S(C)(=O)=O)[C@@H](C)C(=O)NC1CCCC1. The topological polar surface area (TPSA) is 86.8 Å². The van der Waals surface area contributed by atoms with Gasteiger partial charge in [0, 0.05) is 12.6 Å². The molecule has 1 aliphatic rings. The molecule has 1 aliphatic carbocycles. The number of sulfonamides is 1. The number of rotatable bonds is 9. The zero-order chi connectivity index (χ0) is 25.8. The molecular formula is C25H31Cl2N3O4S. The summed E-state index contributed by atoms with van der Waals surface area (Å²) in [7, 11) is -3.89. The smallest absolute Gasteiger partial charge is 0.244 e. The molecule has 1 N–H and O–H groups in total. The number of hydrogen-bond donors (Lipinski definition) is 1. The van der Waals surface area contributed by atoms with Crippen molar-refractivity contribution < 1.29 is 18.0 Å². The van der Waals surface area contributed by atoms with Crippen molar-refractivity contribution in [3.8, 4) is 0 Å². The van der Waals surface area contributed by atoms with Gasteiger partial charge in [-0.2, -0.15) is 0 Å². The predicted molar refractivity (Wildman–Crippen MR) is 140 cm³/mol. The second-order valence-electron chi connectivity index (χ2n) is 8.96. The Balaban J connectivity index is 1.92. The van der Waals surface area contributed by atoms with Gasteiger partial charge in [0.1, 0.15) is 12.6 Å². The van der Waals surface area contributed by atoms with Gasteiger partial charge in [-0.3, -0.25) is 13.9 Å². The van der Waals surface area contributed by atoms with Crippen LogP contribution in [-0.2, 0) is 26.2 Å². The highest BCUT2D eigenvalue weighted by atomic mass is 35.5. The molecule has 3 rings (SSSR count). The number of benzene rings is 2. The molecule has 2 aromatic rings. The molecular weight excluding hydrogens is 509 g/mol. The molecule has 7 nitrogen and oxygen atoms in total. The molecule has 1 saturated carbocycles. The summed E-state index contributed by atoms with van der Waals surface area (Å²) in [6, 6.07) is 11.5. The minimum absolute atomic E-state index is 0.0323. The highest BCUT2D eigenvalue weighted by molar-refractivity contribution is 7.92. The minimum atomic E-state index is -3.89. The molecule has 0 heterocycles. The van der Waals surface area contributed by atoms with E-state index in [-0.39, 0.29) is 34.2 Å². The Morgan fingerprint density at radius 2 is 1.74 bits per heavy atom. The molecule has 10 heteroatoms. The van der Waals surface area contributed by atoms with Crippen molar-refractivity contribution in [1.29, 1.82) is 0 Å². The molecule has 0 aromatic heterocycles. The molecule has 35 heavy (non-hydrogen) atoms. The number of amides is 2. The first kappa shape index (κ1) is 27.3. The first-order valence-electron chi connectivity index (χ1n) is 11.5. The Morgan fingerprint density at radius 3 is 2.37 bits per heavy atom. The highest BCUT2D eigenvalue weighted by Gasteiger charge is 2.32. The minimum Gasteiger partial charge on any atom is -0.352 e. The van der Waals surface area contributed by atoms with Crippen LogP contribution in [0, 0.1) is 6.92 Å². The van der Waals surface area contributed by atoms with Crippen molar-refractivity contribution in [3.05, 3.63) is 63.6 Å². The molecule has 0 unspecified atom stereocenters. The van der Waals surface area contributed by atoms with E-state index in [1.54, 1.807) is 13.0 Å². The summed E-state index contributed by atoms with van der Waals surface area (Å²) in [5.74, 6) is -0.783. The van der Waals surface area contributed by atoms with Crippen molar-refractivity contribution in [2.75, 3.05) is 17.1 Å². The fourth-order valence-electron chi connectivity index (χ4n) is 4.23. The number of hydrogen-bond acceptors (Lipinski definition) is 4. The van der Waals surface area contributed by atoms with Crippen LogP contribution in [0.3, 0.4) is 0 Å². The molecule has 0 radical (unpaired) electrons. The number of halogens is 2. The number of aryl methyl sites for hydroxylation is 1. The van der Waals surface area contributed by atoms with Crippen molar-refractivity contribution >= 4 is 50.7 Å². The van der Waals surface area contributed by atoms with E-state index < -0.39 is 28.5 Å². The lowest BCUT2D eigenvalue weighted by Crippen LogP contribution is -2.52. The van der Waals surface area contributed by atoms with Crippen LogP contribution in [0.15, 0.2) is 42.5 Å². The summed E-state index contributed by atoms with van der Waals surface area (Å²) in [5.41, 5.74) is 1.94. The molecule has 0 saturated heterocycles. The average Bonchev–Trinajstić information content (AvgIpc) is 3.30. The van der Waals surface area contributed by atoms with Gasteiger partial charge in [-0.05, 0) is 49.9 Å². The van der Waals surface area contributed by atoms with Crippen LogP contribution < -0.4 is 9.62 Å². The van der Waals surface area contributed by atoms with Crippen LogP contribution in [0.4, 0.5) is 5.69 Å². The van der Waals surface area contributed by atoms with E-state index in [1.807, 2.05) is 31.2 Å². The van der Waals surface area contributed by atoms with E-state index in [9.17, 15) is 18.0 Å². The van der Waals surface area contributed by atoms with Crippen LogP contribution in [0.2, 0.25) is 10.0 Å². The van der Waals surface area contributed by atoms with Gasteiger partial charge in [0.2, 0.25) is 21.8 Å². The number of nitrogens with zero attached hydrogens (tertiary/aromatic N) is 2. The monoisotopic (exact) mass is 539 g/mol. The quantitative estimate of drug-likeness (QED) is 0.506. The molecule has 0 bridgehead atoms. The highest BCUT2D eigenvalue weighted by Crippen LogP contribution is 2.33. The van der Waals surface area contributed by atoms with Crippen LogP contribution in [0.25, 0.3) is 0 Å². The normalized spacial score (nSPS) is 15.0. The van der Waals surface area contributed by atoms with Gasteiger partial charge < -0.3 is 10.2 Å². The second kappa shape index (κ2) is 11.6. The maximum absolute atomic E-state index is 13.6. The third-order valence-electron chi connectivity index (χ3n) is 6.35. The van der Waals surface area contributed by atoms with E-state index in [0.717, 1.165) is 47.4 Å². The van der Waals surface area contributed by atoms with Crippen LogP contribution in [-0.4, -0.2) is 50.0 Å².